The van der Waals surface area contributed by atoms with Gasteiger partial charge in [0.25, 0.3) is 5.91 Å². The number of amides is 1. The van der Waals surface area contributed by atoms with Gasteiger partial charge in [-0.05, 0) is 73.2 Å². The second-order valence-electron chi connectivity index (χ2n) is 7.14. The Labute approximate surface area is 188 Å². The minimum absolute atomic E-state index is 0.187. The van der Waals surface area contributed by atoms with E-state index in [-0.39, 0.29) is 11.0 Å². The summed E-state index contributed by atoms with van der Waals surface area (Å²) < 4.78 is 16.8. The summed E-state index contributed by atoms with van der Waals surface area (Å²) in [4.78, 5) is 21.2. The summed E-state index contributed by atoms with van der Waals surface area (Å²) in [5, 5.41) is 5.93. The van der Waals surface area contributed by atoms with Crippen molar-refractivity contribution in [2.75, 3.05) is 18.5 Å². The molecule has 0 spiro atoms. The number of hydrogen-bond acceptors (Lipinski definition) is 7. The van der Waals surface area contributed by atoms with Crippen molar-refractivity contribution in [3.05, 3.63) is 65.9 Å². The highest BCUT2D eigenvalue weighted by molar-refractivity contribution is 7.80. The largest absolute Gasteiger partial charge is 0.486 e. The van der Waals surface area contributed by atoms with Crippen molar-refractivity contribution in [2.45, 2.75) is 6.92 Å². The molecule has 3 heterocycles. The Morgan fingerprint density at radius 1 is 1.06 bits per heavy atom. The van der Waals surface area contributed by atoms with Crippen LogP contribution in [-0.2, 0) is 0 Å². The molecule has 5 rings (SSSR count). The Morgan fingerprint density at radius 3 is 2.72 bits per heavy atom. The summed E-state index contributed by atoms with van der Waals surface area (Å²) in [5.74, 6) is 1.32. The van der Waals surface area contributed by atoms with Gasteiger partial charge in [0.05, 0.1) is 0 Å². The van der Waals surface area contributed by atoms with Crippen LogP contribution in [0.1, 0.15) is 15.9 Å². The van der Waals surface area contributed by atoms with Crippen molar-refractivity contribution in [1.29, 1.82) is 0 Å². The lowest BCUT2D eigenvalue weighted by Gasteiger charge is -2.19. The van der Waals surface area contributed by atoms with Gasteiger partial charge in [0.1, 0.15) is 13.2 Å². The van der Waals surface area contributed by atoms with Crippen LogP contribution >= 0.6 is 12.2 Å². The van der Waals surface area contributed by atoms with E-state index in [1.807, 2.05) is 31.2 Å². The van der Waals surface area contributed by atoms with Gasteiger partial charge in [-0.1, -0.05) is 0 Å². The van der Waals surface area contributed by atoms with Gasteiger partial charge in [0.2, 0.25) is 5.89 Å². The fourth-order valence-electron chi connectivity index (χ4n) is 3.34. The van der Waals surface area contributed by atoms with Crippen LogP contribution in [0.3, 0.4) is 0 Å². The highest BCUT2D eigenvalue weighted by Gasteiger charge is 2.16. The lowest BCUT2D eigenvalue weighted by atomic mass is 10.1. The van der Waals surface area contributed by atoms with E-state index in [0.717, 1.165) is 16.8 Å². The van der Waals surface area contributed by atoms with E-state index in [2.05, 4.69) is 20.6 Å². The first-order valence-electron chi connectivity index (χ1n) is 9.91. The fourth-order valence-corrected chi connectivity index (χ4v) is 3.55. The first kappa shape index (κ1) is 20.0. The number of anilines is 1. The Hall–Kier alpha value is -3.98. The van der Waals surface area contributed by atoms with E-state index in [9.17, 15) is 4.79 Å². The molecule has 9 heteroatoms. The topological polar surface area (TPSA) is 98.5 Å². The number of carbonyl (C=O) groups excluding carboxylic acids is 1. The molecule has 1 aliphatic rings. The summed E-state index contributed by atoms with van der Waals surface area (Å²) in [7, 11) is 0. The van der Waals surface area contributed by atoms with Gasteiger partial charge >= 0.3 is 0 Å². The van der Waals surface area contributed by atoms with Crippen LogP contribution < -0.4 is 20.1 Å². The molecule has 4 aromatic rings. The highest BCUT2D eigenvalue weighted by Crippen LogP contribution is 2.31. The fraction of sp³-hybridized carbons (Fsp3) is 0.130. The molecule has 1 aliphatic heterocycles. The summed E-state index contributed by atoms with van der Waals surface area (Å²) in [6.45, 7) is 2.87. The van der Waals surface area contributed by atoms with Crippen LogP contribution in [-0.4, -0.2) is 34.2 Å². The lowest BCUT2D eigenvalue weighted by Crippen LogP contribution is -2.34. The van der Waals surface area contributed by atoms with Crippen molar-refractivity contribution in [1.82, 2.24) is 15.3 Å². The van der Waals surface area contributed by atoms with E-state index in [4.69, 9.17) is 26.1 Å². The quantitative estimate of drug-likeness (QED) is 0.454. The predicted octanol–water partition coefficient (Wildman–Crippen LogP) is 4.10. The van der Waals surface area contributed by atoms with E-state index in [1.165, 1.54) is 0 Å². The van der Waals surface area contributed by atoms with Crippen molar-refractivity contribution < 1.29 is 18.7 Å². The van der Waals surface area contributed by atoms with Crippen molar-refractivity contribution >= 4 is 40.2 Å². The van der Waals surface area contributed by atoms with E-state index >= 15 is 0 Å². The molecule has 0 unspecified atom stereocenters. The number of hydrogen-bond donors (Lipinski definition) is 2. The molecule has 0 bridgehead atoms. The molecule has 1 amide bonds. The zero-order chi connectivity index (χ0) is 22.1. The summed E-state index contributed by atoms with van der Waals surface area (Å²) in [5.41, 5.74) is 4.10. The van der Waals surface area contributed by atoms with Gasteiger partial charge in [-0.3, -0.25) is 10.1 Å². The first-order chi connectivity index (χ1) is 15.6. The van der Waals surface area contributed by atoms with Gasteiger partial charge in [-0.2, -0.15) is 4.98 Å². The van der Waals surface area contributed by atoms with E-state index in [0.29, 0.717) is 47.4 Å². The smallest absolute Gasteiger partial charge is 0.257 e. The molecule has 0 saturated carbocycles. The molecular weight excluding hydrogens is 428 g/mol. The second kappa shape index (κ2) is 8.27. The number of rotatable bonds is 3. The SMILES string of the molecule is Cc1cc(-c2nc3ncccc3o2)ccc1NC(=S)NC(=O)c1ccc2c(c1)OCCO2. The maximum absolute atomic E-state index is 12.6. The van der Waals surface area contributed by atoms with Crippen LogP contribution in [0.2, 0.25) is 0 Å². The van der Waals surface area contributed by atoms with E-state index < -0.39 is 0 Å². The first-order valence-corrected chi connectivity index (χ1v) is 10.3. The third-order valence-corrected chi connectivity index (χ3v) is 5.12. The van der Waals surface area contributed by atoms with Crippen molar-refractivity contribution in [2.24, 2.45) is 0 Å². The zero-order valence-electron chi connectivity index (χ0n) is 17.0. The summed E-state index contributed by atoms with van der Waals surface area (Å²) in [6, 6.07) is 14.3. The van der Waals surface area contributed by atoms with Gasteiger partial charge < -0.3 is 19.2 Å². The summed E-state index contributed by atoms with van der Waals surface area (Å²) in [6.07, 6.45) is 1.67. The number of aryl methyl sites for hydroxylation is 1. The van der Waals surface area contributed by atoms with Gasteiger partial charge in [-0.15, -0.1) is 0 Å². The molecule has 0 radical (unpaired) electrons. The number of benzene rings is 2. The average molecular weight is 446 g/mol. The van der Waals surface area contributed by atoms with Gasteiger partial charge in [-0.25, -0.2) is 4.98 Å². The molecular formula is C23H18N4O4S. The maximum atomic E-state index is 12.6. The number of ether oxygens (including phenoxy) is 2. The maximum Gasteiger partial charge on any atom is 0.257 e. The summed E-state index contributed by atoms with van der Waals surface area (Å²) >= 11 is 5.32. The molecule has 32 heavy (non-hydrogen) atoms. The van der Waals surface area contributed by atoms with Crippen LogP contribution in [0.4, 0.5) is 5.69 Å². The number of fused-ring (bicyclic) bond motifs is 2. The minimum atomic E-state index is -0.340. The van der Waals surface area contributed by atoms with Crippen LogP contribution in [0, 0.1) is 6.92 Å². The van der Waals surface area contributed by atoms with Crippen molar-refractivity contribution in [3.8, 4) is 23.0 Å². The Bertz CT molecular complexity index is 1320. The zero-order valence-corrected chi connectivity index (χ0v) is 17.9. The lowest BCUT2D eigenvalue weighted by molar-refractivity contribution is 0.0976. The Balaban J connectivity index is 1.27. The van der Waals surface area contributed by atoms with Crippen LogP contribution in [0.25, 0.3) is 22.7 Å². The number of pyridine rings is 1. The molecule has 0 atom stereocenters. The number of nitrogens with one attached hydrogen (secondary N) is 2. The number of oxazole rings is 1. The van der Waals surface area contributed by atoms with Crippen LogP contribution in [0.15, 0.2) is 59.1 Å². The molecule has 2 aromatic heterocycles. The third kappa shape index (κ3) is 3.97. The monoisotopic (exact) mass is 446 g/mol. The molecule has 0 aliphatic carbocycles. The number of nitrogens with zero attached hydrogens (tertiary/aromatic N) is 2. The molecule has 2 aromatic carbocycles. The molecule has 8 nitrogen and oxygen atoms in total. The van der Waals surface area contributed by atoms with Gasteiger partial charge in [0.15, 0.2) is 27.8 Å². The molecule has 160 valence electrons. The van der Waals surface area contributed by atoms with Crippen molar-refractivity contribution in [3.63, 3.8) is 0 Å². The van der Waals surface area contributed by atoms with Gasteiger partial charge in [0, 0.05) is 23.0 Å². The average Bonchev–Trinajstić information content (AvgIpc) is 3.24. The Morgan fingerprint density at radius 2 is 1.91 bits per heavy atom. The number of carbonyl (C=O) groups is 1. The van der Waals surface area contributed by atoms with Crippen LogP contribution in [0.5, 0.6) is 11.5 Å². The molecule has 2 N–H and O–H groups in total. The predicted molar refractivity (Wildman–Crippen MR) is 123 cm³/mol. The normalized spacial score (nSPS) is 12.4. The standard InChI is InChI=1S/C23H18N4O4S/c1-13-11-15(22-26-20-18(31-22)3-2-8-24-20)4-6-16(13)25-23(32)27-21(28)14-5-7-17-19(12-14)30-10-9-29-17/h2-8,11-12H,9-10H2,1H3,(H2,25,27,28,32). The second-order valence-corrected chi connectivity index (χ2v) is 7.55. The Kier molecular flexibility index (Phi) is 5.16. The molecule has 0 fully saturated rings. The minimum Gasteiger partial charge on any atom is -0.486 e. The number of aromatic nitrogens is 2. The molecule has 0 saturated heterocycles. The van der Waals surface area contributed by atoms with E-state index in [1.54, 1.807) is 30.5 Å². The highest BCUT2D eigenvalue weighted by atomic mass is 32.1. The number of thiocarbonyl (C=S) groups is 1. The third-order valence-electron chi connectivity index (χ3n) is 4.92.